The van der Waals surface area contributed by atoms with Crippen LogP contribution in [0.3, 0.4) is 0 Å². The highest BCUT2D eigenvalue weighted by Gasteiger charge is 2.45. The van der Waals surface area contributed by atoms with E-state index in [1.165, 1.54) is 4.90 Å². The van der Waals surface area contributed by atoms with Crippen LogP contribution in [0.1, 0.15) is 116 Å². The van der Waals surface area contributed by atoms with Gasteiger partial charge in [-0.3, -0.25) is 24.0 Å². The van der Waals surface area contributed by atoms with Crippen LogP contribution in [0.25, 0.3) is 5.69 Å². The number of nitrogens with one attached hydrogen (secondary N) is 1. The van der Waals surface area contributed by atoms with Crippen molar-refractivity contribution in [3.63, 3.8) is 0 Å². The van der Waals surface area contributed by atoms with E-state index in [9.17, 15) is 19.5 Å². The molecule has 0 radical (unpaired) electrons. The second kappa shape index (κ2) is 13.1. The number of amides is 2. The molecule has 8 heteroatoms. The van der Waals surface area contributed by atoms with Crippen molar-refractivity contribution in [2.24, 2.45) is 7.05 Å². The normalized spacial score (nSPS) is 15.5. The van der Waals surface area contributed by atoms with Crippen molar-refractivity contribution < 1.29 is 14.7 Å². The van der Waals surface area contributed by atoms with Gasteiger partial charge in [-0.05, 0) is 79.2 Å². The van der Waals surface area contributed by atoms with Gasteiger partial charge in [0, 0.05) is 19.5 Å². The SMILES string of the molecule is CCC(C)(C(=O)NC1CCCC1)N(C(=O)CCc1cc(C(C)(C)C)c(O)c(C(C)(C)C)c1)c1c(C)n(C)n(-c2ccccc2)c1=O. The molecule has 1 aliphatic rings. The topological polar surface area (TPSA) is 96.6 Å². The van der Waals surface area contributed by atoms with Gasteiger partial charge in [0.25, 0.3) is 5.56 Å². The van der Waals surface area contributed by atoms with Crippen LogP contribution in [0.4, 0.5) is 5.69 Å². The summed E-state index contributed by atoms with van der Waals surface area (Å²) in [5, 5.41) is 14.5. The van der Waals surface area contributed by atoms with Crippen molar-refractivity contribution in [2.45, 2.75) is 130 Å². The van der Waals surface area contributed by atoms with Gasteiger partial charge in [0.15, 0.2) is 0 Å². The van der Waals surface area contributed by atoms with Gasteiger partial charge in [-0.1, -0.05) is 91.6 Å². The number of rotatable bonds is 9. The van der Waals surface area contributed by atoms with Crippen molar-refractivity contribution in [2.75, 3.05) is 4.90 Å². The van der Waals surface area contributed by atoms with E-state index in [1.54, 1.807) is 23.3 Å². The fourth-order valence-corrected chi connectivity index (χ4v) is 6.63. The summed E-state index contributed by atoms with van der Waals surface area (Å²) in [5.74, 6) is -0.237. The number of phenols is 1. The molecule has 2 aromatic carbocycles. The van der Waals surface area contributed by atoms with E-state index in [0.29, 0.717) is 30.0 Å². The third-order valence-corrected chi connectivity index (χ3v) is 9.77. The Morgan fingerprint density at radius 3 is 2.00 bits per heavy atom. The van der Waals surface area contributed by atoms with Crippen molar-refractivity contribution in [3.8, 4) is 11.4 Å². The number of phenolic OH excluding ortho intramolecular Hbond substituents is 1. The third kappa shape index (κ3) is 6.81. The summed E-state index contributed by atoms with van der Waals surface area (Å²) in [5.41, 5.74) is 1.85. The van der Waals surface area contributed by atoms with Gasteiger partial charge >= 0.3 is 0 Å². The molecule has 3 aromatic rings. The molecule has 1 unspecified atom stereocenters. The van der Waals surface area contributed by atoms with Gasteiger partial charge in [-0.2, -0.15) is 0 Å². The number of hydrogen-bond donors (Lipinski definition) is 2. The first-order valence-electron chi connectivity index (χ1n) is 16.8. The molecule has 4 rings (SSSR count). The molecule has 8 nitrogen and oxygen atoms in total. The lowest BCUT2D eigenvalue weighted by Crippen LogP contribution is -2.61. The molecule has 1 atom stereocenters. The molecule has 2 amide bonds. The van der Waals surface area contributed by atoms with Gasteiger partial charge in [-0.25, -0.2) is 4.68 Å². The summed E-state index contributed by atoms with van der Waals surface area (Å²) in [6.07, 6.45) is 4.77. The number of para-hydroxylation sites is 1. The summed E-state index contributed by atoms with van der Waals surface area (Å²) < 4.78 is 3.31. The molecule has 1 aliphatic carbocycles. The zero-order valence-electron chi connectivity index (χ0n) is 29.6. The zero-order valence-corrected chi connectivity index (χ0v) is 29.6. The van der Waals surface area contributed by atoms with Crippen LogP contribution >= 0.6 is 0 Å². The standard InChI is InChI=1S/C38H54N4O4/c1-11-38(9,35(46)39-27-17-15-16-18-27)41(32-25(2)40(10)42(34(32)45)28-19-13-12-14-20-28)31(43)22-21-26-23-29(36(3,4)5)33(44)30(24-26)37(6,7)8/h12-14,19-20,23-24,27,44H,11,15-18,21-22H2,1-10H3,(H,39,46). The number of aryl methyl sites for hydroxylation is 1. The third-order valence-electron chi connectivity index (χ3n) is 9.77. The van der Waals surface area contributed by atoms with E-state index in [-0.39, 0.29) is 46.4 Å². The Hall–Kier alpha value is -3.81. The number of hydrogen-bond acceptors (Lipinski definition) is 4. The highest BCUT2D eigenvalue weighted by Crippen LogP contribution is 2.40. The average molecular weight is 631 g/mol. The van der Waals surface area contributed by atoms with Gasteiger partial charge in [0.1, 0.15) is 17.0 Å². The van der Waals surface area contributed by atoms with Crippen molar-refractivity contribution in [1.29, 1.82) is 0 Å². The first-order valence-corrected chi connectivity index (χ1v) is 16.8. The number of aromatic nitrogens is 2. The Bertz CT molecular complexity index is 1600. The van der Waals surface area contributed by atoms with E-state index >= 15 is 0 Å². The van der Waals surface area contributed by atoms with Crippen molar-refractivity contribution >= 4 is 17.5 Å². The van der Waals surface area contributed by atoms with E-state index in [2.05, 4.69) is 46.9 Å². The Kier molecular flexibility index (Phi) is 10.0. The molecule has 250 valence electrons. The molecule has 1 aromatic heterocycles. The molecule has 1 saturated carbocycles. The number of benzene rings is 2. The van der Waals surface area contributed by atoms with Crippen LogP contribution in [0.15, 0.2) is 47.3 Å². The molecular weight excluding hydrogens is 576 g/mol. The summed E-state index contributed by atoms with van der Waals surface area (Å²) in [4.78, 5) is 44.5. The van der Waals surface area contributed by atoms with Crippen LogP contribution in [-0.4, -0.2) is 37.9 Å². The quantitative estimate of drug-likeness (QED) is 0.267. The average Bonchev–Trinajstić information content (AvgIpc) is 3.57. The Balaban J connectivity index is 1.82. The molecule has 1 fully saturated rings. The van der Waals surface area contributed by atoms with Crippen LogP contribution in [0.5, 0.6) is 5.75 Å². The van der Waals surface area contributed by atoms with E-state index in [0.717, 1.165) is 42.4 Å². The summed E-state index contributed by atoms with van der Waals surface area (Å²) in [6.45, 7) is 17.9. The highest BCUT2D eigenvalue weighted by atomic mass is 16.3. The second-order valence-corrected chi connectivity index (χ2v) is 15.3. The van der Waals surface area contributed by atoms with Gasteiger partial charge < -0.3 is 10.4 Å². The van der Waals surface area contributed by atoms with E-state index < -0.39 is 5.54 Å². The maximum absolute atomic E-state index is 14.6. The molecule has 46 heavy (non-hydrogen) atoms. The molecule has 1 heterocycles. The van der Waals surface area contributed by atoms with Crippen LogP contribution in [0.2, 0.25) is 0 Å². The molecular formula is C38H54N4O4. The fourth-order valence-electron chi connectivity index (χ4n) is 6.63. The lowest BCUT2D eigenvalue weighted by atomic mass is 9.78. The van der Waals surface area contributed by atoms with Crippen LogP contribution in [-0.2, 0) is 33.9 Å². The summed E-state index contributed by atoms with van der Waals surface area (Å²) in [7, 11) is 1.80. The monoisotopic (exact) mass is 630 g/mol. The largest absolute Gasteiger partial charge is 0.507 e. The van der Waals surface area contributed by atoms with Crippen LogP contribution < -0.4 is 15.8 Å². The second-order valence-electron chi connectivity index (χ2n) is 15.3. The minimum atomic E-state index is -1.29. The van der Waals surface area contributed by atoms with Crippen LogP contribution in [0, 0.1) is 6.92 Å². The van der Waals surface area contributed by atoms with Gasteiger partial charge in [0.2, 0.25) is 11.8 Å². The Labute approximate surface area is 274 Å². The Morgan fingerprint density at radius 1 is 0.957 bits per heavy atom. The summed E-state index contributed by atoms with van der Waals surface area (Å²) in [6, 6.07) is 13.4. The molecule has 0 saturated heterocycles. The number of anilines is 1. The highest BCUT2D eigenvalue weighted by molar-refractivity contribution is 6.03. The number of aromatic hydroxyl groups is 1. The molecule has 2 N–H and O–H groups in total. The minimum Gasteiger partial charge on any atom is -0.507 e. The molecule has 0 bridgehead atoms. The maximum Gasteiger partial charge on any atom is 0.295 e. The number of carbonyl (C=O) groups is 2. The van der Waals surface area contributed by atoms with Gasteiger partial charge in [0.05, 0.1) is 11.4 Å². The predicted molar refractivity (Wildman–Crippen MR) is 186 cm³/mol. The van der Waals surface area contributed by atoms with Crippen molar-refractivity contribution in [1.82, 2.24) is 14.7 Å². The number of carbonyl (C=O) groups excluding carboxylic acids is 2. The van der Waals surface area contributed by atoms with Gasteiger partial charge in [-0.15, -0.1) is 0 Å². The summed E-state index contributed by atoms with van der Waals surface area (Å²) >= 11 is 0. The smallest absolute Gasteiger partial charge is 0.295 e. The number of nitrogens with zero attached hydrogens (tertiary/aromatic N) is 3. The fraction of sp³-hybridized carbons (Fsp3) is 0.553. The maximum atomic E-state index is 14.6. The molecule has 0 aliphatic heterocycles. The molecule has 0 spiro atoms. The lowest BCUT2D eigenvalue weighted by Gasteiger charge is -2.39. The first-order chi connectivity index (χ1) is 21.4. The first kappa shape index (κ1) is 35.1. The van der Waals surface area contributed by atoms with Crippen molar-refractivity contribution in [3.05, 3.63) is 75.2 Å². The lowest BCUT2D eigenvalue weighted by molar-refractivity contribution is -0.130. The van der Waals surface area contributed by atoms with E-state index in [4.69, 9.17) is 0 Å². The predicted octanol–water partition coefficient (Wildman–Crippen LogP) is 6.98. The zero-order chi connectivity index (χ0) is 34.2. The van der Waals surface area contributed by atoms with E-state index in [1.807, 2.05) is 56.3 Å². The minimum absolute atomic E-state index is 0.0665. The Morgan fingerprint density at radius 2 is 1.50 bits per heavy atom.